The van der Waals surface area contributed by atoms with E-state index in [0.29, 0.717) is 17.8 Å². The number of aromatic nitrogens is 2. The van der Waals surface area contributed by atoms with Gasteiger partial charge in [0.1, 0.15) is 5.75 Å². The van der Waals surface area contributed by atoms with E-state index in [1.165, 1.54) is 16.7 Å². The van der Waals surface area contributed by atoms with Crippen LogP contribution in [-0.2, 0) is 4.79 Å². The predicted octanol–water partition coefficient (Wildman–Crippen LogP) is 5.68. The quantitative estimate of drug-likeness (QED) is 0.495. The molecule has 1 atom stereocenters. The Labute approximate surface area is 214 Å². The van der Waals surface area contributed by atoms with Gasteiger partial charge in [0.05, 0.1) is 6.61 Å². The molecule has 36 heavy (non-hydrogen) atoms. The second-order valence-electron chi connectivity index (χ2n) is 11.1. The van der Waals surface area contributed by atoms with Gasteiger partial charge in [-0.15, -0.1) is 0 Å². The average molecular weight is 493 g/mol. The number of amides is 1. The lowest BCUT2D eigenvalue weighted by atomic mass is 9.81. The molecule has 0 saturated carbocycles. The maximum atomic E-state index is 12.8. The smallest absolute Gasteiger partial charge is 0.324 e. The fourth-order valence-corrected chi connectivity index (χ4v) is 5.77. The van der Waals surface area contributed by atoms with Crippen molar-refractivity contribution < 1.29 is 14.1 Å². The summed E-state index contributed by atoms with van der Waals surface area (Å²) in [4.78, 5) is 21.6. The molecule has 2 aromatic rings. The fourth-order valence-electron chi connectivity index (χ4n) is 5.77. The number of rotatable bonds is 7. The molecule has 1 aliphatic carbocycles. The van der Waals surface area contributed by atoms with Crippen molar-refractivity contribution in [1.82, 2.24) is 15.0 Å². The van der Waals surface area contributed by atoms with E-state index in [4.69, 9.17) is 9.26 Å². The van der Waals surface area contributed by atoms with Gasteiger partial charge in [-0.25, -0.2) is 0 Å². The van der Waals surface area contributed by atoms with Crippen molar-refractivity contribution in [2.45, 2.75) is 71.6 Å². The molecular formula is C29H40N4O3. The number of piperidine rings is 1. The molecule has 7 heteroatoms. The zero-order valence-electron chi connectivity index (χ0n) is 22.0. The van der Waals surface area contributed by atoms with Crippen molar-refractivity contribution in [2.75, 3.05) is 37.7 Å². The Balaban J connectivity index is 1.10. The Morgan fingerprint density at radius 2 is 1.81 bits per heavy atom. The van der Waals surface area contributed by atoms with Gasteiger partial charge < -0.3 is 19.1 Å². The van der Waals surface area contributed by atoms with E-state index in [0.717, 1.165) is 89.3 Å². The number of benzene rings is 1. The monoisotopic (exact) mass is 492 g/mol. The van der Waals surface area contributed by atoms with Crippen molar-refractivity contribution in [3.05, 3.63) is 41.2 Å². The van der Waals surface area contributed by atoms with Gasteiger partial charge in [0.25, 0.3) is 0 Å². The van der Waals surface area contributed by atoms with Crippen LogP contribution < -0.4 is 9.64 Å². The number of anilines is 1. The summed E-state index contributed by atoms with van der Waals surface area (Å²) in [6, 6.07) is 9.20. The highest BCUT2D eigenvalue weighted by molar-refractivity contribution is 5.81. The third-order valence-electron chi connectivity index (χ3n) is 8.10. The van der Waals surface area contributed by atoms with Crippen LogP contribution in [0.4, 0.5) is 6.01 Å². The first-order valence-electron chi connectivity index (χ1n) is 13.8. The number of carbonyl (C=O) groups excluding carboxylic acids is 1. The van der Waals surface area contributed by atoms with Crippen molar-refractivity contribution in [2.24, 2.45) is 11.8 Å². The lowest BCUT2D eigenvalue weighted by Crippen LogP contribution is -2.35. The molecule has 3 heterocycles. The molecule has 3 aliphatic rings. The first-order valence-corrected chi connectivity index (χ1v) is 13.8. The molecule has 5 rings (SSSR count). The lowest BCUT2D eigenvalue weighted by molar-refractivity contribution is -0.134. The molecule has 2 aliphatic heterocycles. The largest absolute Gasteiger partial charge is 0.493 e. The van der Waals surface area contributed by atoms with Crippen LogP contribution in [0.25, 0.3) is 5.57 Å². The summed E-state index contributed by atoms with van der Waals surface area (Å²) in [5, 5.41) is 4.09. The van der Waals surface area contributed by atoms with Crippen molar-refractivity contribution in [1.29, 1.82) is 0 Å². The summed E-state index contributed by atoms with van der Waals surface area (Å²) in [6.45, 7) is 10.8. The molecule has 0 spiro atoms. The summed E-state index contributed by atoms with van der Waals surface area (Å²) in [6.07, 6.45) is 7.26. The highest BCUT2D eigenvalue weighted by atomic mass is 16.5. The SMILES string of the molecule is CC1=C(c2ccc(OCC3CCN(c4nc(C(C)C)no4)CC3)cc2)CCC(C(=O)N2CCCC2)C1. The van der Waals surface area contributed by atoms with E-state index in [1.807, 2.05) is 0 Å². The molecule has 1 aromatic heterocycles. The van der Waals surface area contributed by atoms with Gasteiger partial charge in [0.2, 0.25) is 5.91 Å². The van der Waals surface area contributed by atoms with E-state index >= 15 is 0 Å². The van der Waals surface area contributed by atoms with Crippen molar-refractivity contribution in [3.8, 4) is 5.75 Å². The second kappa shape index (κ2) is 11.1. The van der Waals surface area contributed by atoms with Crippen molar-refractivity contribution in [3.63, 3.8) is 0 Å². The van der Waals surface area contributed by atoms with Crippen LogP contribution in [0.15, 0.2) is 34.4 Å². The maximum Gasteiger partial charge on any atom is 0.324 e. The zero-order valence-corrected chi connectivity index (χ0v) is 22.0. The molecule has 0 bridgehead atoms. The van der Waals surface area contributed by atoms with Crippen LogP contribution in [0.1, 0.15) is 83.0 Å². The van der Waals surface area contributed by atoms with Crippen LogP contribution in [0, 0.1) is 11.8 Å². The number of nitrogens with zero attached hydrogens (tertiary/aromatic N) is 4. The van der Waals surface area contributed by atoms with Gasteiger partial charge >= 0.3 is 6.01 Å². The summed E-state index contributed by atoms with van der Waals surface area (Å²) in [7, 11) is 0. The van der Waals surface area contributed by atoms with E-state index in [-0.39, 0.29) is 11.8 Å². The van der Waals surface area contributed by atoms with Crippen LogP contribution >= 0.6 is 0 Å². The third-order valence-corrected chi connectivity index (χ3v) is 8.10. The average Bonchev–Trinajstić information content (AvgIpc) is 3.61. The van der Waals surface area contributed by atoms with Gasteiger partial charge in [0, 0.05) is 38.0 Å². The Morgan fingerprint density at radius 3 is 2.44 bits per heavy atom. The predicted molar refractivity (Wildman–Crippen MR) is 141 cm³/mol. The lowest BCUT2D eigenvalue weighted by Gasteiger charge is -2.30. The molecule has 194 valence electrons. The Morgan fingerprint density at radius 1 is 1.08 bits per heavy atom. The Kier molecular flexibility index (Phi) is 7.63. The minimum absolute atomic E-state index is 0.165. The molecule has 0 radical (unpaired) electrons. The van der Waals surface area contributed by atoms with Crippen LogP contribution in [-0.4, -0.2) is 53.7 Å². The van der Waals surface area contributed by atoms with Crippen LogP contribution in [0.3, 0.4) is 0 Å². The van der Waals surface area contributed by atoms with Crippen LogP contribution in [0.2, 0.25) is 0 Å². The molecular weight excluding hydrogens is 452 g/mol. The van der Waals surface area contributed by atoms with Gasteiger partial charge in [0.15, 0.2) is 5.82 Å². The van der Waals surface area contributed by atoms with E-state index in [2.05, 4.69) is 65.0 Å². The fraction of sp³-hybridized carbons (Fsp3) is 0.621. The number of allylic oxidation sites excluding steroid dienone is 2. The van der Waals surface area contributed by atoms with Crippen LogP contribution in [0.5, 0.6) is 5.75 Å². The Hall–Kier alpha value is -2.83. The highest BCUT2D eigenvalue weighted by Gasteiger charge is 2.30. The van der Waals surface area contributed by atoms with Gasteiger partial charge in [-0.05, 0) is 81.1 Å². The topological polar surface area (TPSA) is 71.7 Å². The zero-order chi connectivity index (χ0) is 25.1. The van der Waals surface area contributed by atoms with Crippen molar-refractivity contribution >= 4 is 17.5 Å². The molecule has 7 nitrogen and oxygen atoms in total. The number of carbonyl (C=O) groups is 1. The highest BCUT2D eigenvalue weighted by Crippen LogP contribution is 2.37. The second-order valence-corrected chi connectivity index (χ2v) is 11.1. The molecule has 0 N–H and O–H groups in total. The molecule has 1 unspecified atom stereocenters. The summed E-state index contributed by atoms with van der Waals surface area (Å²) >= 11 is 0. The molecule has 2 saturated heterocycles. The first kappa shape index (κ1) is 24.8. The first-order chi connectivity index (χ1) is 17.5. The number of hydrogen-bond donors (Lipinski definition) is 0. The molecule has 2 fully saturated rings. The van der Waals surface area contributed by atoms with E-state index < -0.39 is 0 Å². The minimum atomic E-state index is 0.165. The van der Waals surface area contributed by atoms with Gasteiger partial charge in [-0.2, -0.15) is 4.98 Å². The van der Waals surface area contributed by atoms with Gasteiger partial charge in [-0.3, -0.25) is 4.79 Å². The standard InChI is InChI=1S/C29H40N4O3/c1-20(2)27-30-29(36-31-27)33-16-12-22(13-17-33)19-35-25-9-6-23(7-10-25)26-11-8-24(18-21(26)3)28(34)32-14-4-5-15-32/h6-7,9-10,20,22,24H,4-5,8,11-19H2,1-3H3. The summed E-state index contributed by atoms with van der Waals surface area (Å²) in [5.41, 5.74) is 4.03. The van der Waals surface area contributed by atoms with Gasteiger partial charge in [-0.1, -0.05) is 36.7 Å². The number of likely N-dealkylation sites (tertiary alicyclic amines) is 1. The van der Waals surface area contributed by atoms with E-state index in [1.54, 1.807) is 0 Å². The summed E-state index contributed by atoms with van der Waals surface area (Å²) < 4.78 is 11.6. The summed E-state index contributed by atoms with van der Waals surface area (Å²) in [5.74, 6) is 3.04. The Bertz CT molecular complexity index is 1060. The molecule has 1 amide bonds. The number of ether oxygens (including phenoxy) is 1. The minimum Gasteiger partial charge on any atom is -0.493 e. The number of hydrogen-bond acceptors (Lipinski definition) is 6. The maximum absolute atomic E-state index is 12.8. The molecule has 1 aromatic carbocycles. The normalized spacial score (nSPS) is 21.5. The third kappa shape index (κ3) is 5.60. The van der Waals surface area contributed by atoms with E-state index in [9.17, 15) is 4.79 Å².